The smallest absolute Gasteiger partial charge is 0.224 e. The number of rotatable bonds is 6. The lowest BCUT2D eigenvalue weighted by molar-refractivity contribution is -0.124. The Kier molecular flexibility index (Phi) is 4.90. The Morgan fingerprint density at radius 2 is 2.21 bits per heavy atom. The number of carbonyl (C=O) groups is 1. The van der Waals surface area contributed by atoms with Crippen molar-refractivity contribution in [2.75, 3.05) is 26.2 Å². The van der Waals surface area contributed by atoms with E-state index in [9.17, 15) is 4.79 Å². The number of amides is 1. The molecule has 1 atom stereocenters. The first-order valence-electron chi connectivity index (χ1n) is 7.00. The zero-order valence-electron chi connectivity index (χ0n) is 11.8. The molecule has 6 heteroatoms. The van der Waals surface area contributed by atoms with Gasteiger partial charge in [-0.15, -0.1) is 0 Å². The molecule has 2 rings (SSSR count). The molecule has 1 N–H and O–H groups in total. The van der Waals surface area contributed by atoms with E-state index in [0.717, 1.165) is 31.9 Å². The predicted molar refractivity (Wildman–Crippen MR) is 72.6 cm³/mol. The van der Waals surface area contributed by atoms with Crippen molar-refractivity contribution in [2.24, 2.45) is 13.0 Å². The van der Waals surface area contributed by atoms with E-state index in [1.165, 1.54) is 19.2 Å². The van der Waals surface area contributed by atoms with Gasteiger partial charge in [0, 0.05) is 32.5 Å². The van der Waals surface area contributed by atoms with Crippen molar-refractivity contribution >= 4 is 5.91 Å². The van der Waals surface area contributed by atoms with Crippen LogP contribution < -0.4 is 5.32 Å². The van der Waals surface area contributed by atoms with Gasteiger partial charge in [-0.25, -0.2) is 4.98 Å². The molecule has 0 saturated carbocycles. The van der Waals surface area contributed by atoms with Crippen LogP contribution in [0.5, 0.6) is 0 Å². The highest BCUT2D eigenvalue weighted by molar-refractivity contribution is 5.78. The molecule has 1 fully saturated rings. The first-order chi connectivity index (χ1) is 9.16. The normalized spacial score (nSPS) is 17.6. The standard InChI is InChI=1S/C13H23N5O/c1-11(9-18-7-3-4-8-18)13(19)14-6-5-12-15-10-16-17(12)2/h10-11H,3-9H2,1-2H3,(H,14,19)/t11-/m0/s1. The molecule has 6 nitrogen and oxygen atoms in total. The Labute approximate surface area is 114 Å². The van der Waals surface area contributed by atoms with Crippen LogP contribution in [0.4, 0.5) is 0 Å². The van der Waals surface area contributed by atoms with E-state index < -0.39 is 0 Å². The number of aryl methyl sites for hydroxylation is 1. The summed E-state index contributed by atoms with van der Waals surface area (Å²) in [6, 6.07) is 0. The summed E-state index contributed by atoms with van der Waals surface area (Å²) in [6.07, 6.45) is 4.78. The zero-order valence-corrected chi connectivity index (χ0v) is 11.8. The van der Waals surface area contributed by atoms with Gasteiger partial charge in [0.05, 0.1) is 0 Å². The fourth-order valence-corrected chi connectivity index (χ4v) is 2.45. The van der Waals surface area contributed by atoms with E-state index >= 15 is 0 Å². The topological polar surface area (TPSA) is 63.1 Å². The second-order valence-corrected chi connectivity index (χ2v) is 5.25. The van der Waals surface area contributed by atoms with Crippen molar-refractivity contribution < 1.29 is 4.79 Å². The second-order valence-electron chi connectivity index (χ2n) is 5.25. The van der Waals surface area contributed by atoms with Crippen molar-refractivity contribution in [3.05, 3.63) is 12.2 Å². The van der Waals surface area contributed by atoms with Crippen LogP contribution in [0, 0.1) is 5.92 Å². The Morgan fingerprint density at radius 1 is 1.47 bits per heavy atom. The highest BCUT2D eigenvalue weighted by atomic mass is 16.1. The molecular weight excluding hydrogens is 242 g/mol. The van der Waals surface area contributed by atoms with E-state index in [1.807, 2.05) is 14.0 Å². The van der Waals surface area contributed by atoms with Crippen molar-refractivity contribution in [2.45, 2.75) is 26.2 Å². The number of hydrogen-bond acceptors (Lipinski definition) is 4. The Balaban J connectivity index is 1.67. The number of aromatic nitrogens is 3. The number of nitrogens with one attached hydrogen (secondary N) is 1. The summed E-state index contributed by atoms with van der Waals surface area (Å²) >= 11 is 0. The maximum atomic E-state index is 12.0. The molecule has 0 spiro atoms. The average molecular weight is 265 g/mol. The number of carbonyl (C=O) groups excluding carboxylic acids is 1. The van der Waals surface area contributed by atoms with Crippen molar-refractivity contribution in [3.8, 4) is 0 Å². The maximum Gasteiger partial charge on any atom is 0.224 e. The first kappa shape index (κ1) is 14.0. The van der Waals surface area contributed by atoms with Gasteiger partial charge in [0.1, 0.15) is 12.2 Å². The van der Waals surface area contributed by atoms with Crippen LogP contribution in [-0.2, 0) is 18.3 Å². The molecule has 1 saturated heterocycles. The number of likely N-dealkylation sites (tertiary alicyclic amines) is 1. The average Bonchev–Trinajstić information content (AvgIpc) is 3.02. The molecule has 0 aromatic carbocycles. The highest BCUT2D eigenvalue weighted by Crippen LogP contribution is 2.10. The summed E-state index contributed by atoms with van der Waals surface area (Å²) in [6.45, 7) is 5.76. The molecule has 1 aliphatic rings. The second kappa shape index (κ2) is 6.65. The van der Waals surface area contributed by atoms with Crippen LogP contribution in [-0.4, -0.2) is 51.8 Å². The van der Waals surface area contributed by atoms with Crippen molar-refractivity contribution in [1.82, 2.24) is 25.0 Å². The van der Waals surface area contributed by atoms with Gasteiger partial charge >= 0.3 is 0 Å². The monoisotopic (exact) mass is 265 g/mol. The van der Waals surface area contributed by atoms with E-state index in [2.05, 4.69) is 20.3 Å². The molecule has 1 amide bonds. The van der Waals surface area contributed by atoms with E-state index in [1.54, 1.807) is 4.68 Å². The highest BCUT2D eigenvalue weighted by Gasteiger charge is 2.19. The molecule has 0 unspecified atom stereocenters. The van der Waals surface area contributed by atoms with E-state index in [0.29, 0.717) is 6.54 Å². The summed E-state index contributed by atoms with van der Waals surface area (Å²) in [7, 11) is 1.86. The molecule has 0 bridgehead atoms. The summed E-state index contributed by atoms with van der Waals surface area (Å²) in [4.78, 5) is 18.5. The van der Waals surface area contributed by atoms with Crippen LogP contribution in [0.2, 0.25) is 0 Å². The maximum absolute atomic E-state index is 12.0. The molecular formula is C13H23N5O. The molecule has 1 aliphatic heterocycles. The lowest BCUT2D eigenvalue weighted by Gasteiger charge is -2.19. The minimum Gasteiger partial charge on any atom is -0.355 e. The SMILES string of the molecule is C[C@@H](CN1CCCC1)C(=O)NCCc1ncnn1C. The van der Waals surface area contributed by atoms with Crippen LogP contribution in [0.1, 0.15) is 25.6 Å². The van der Waals surface area contributed by atoms with Crippen LogP contribution >= 0.6 is 0 Å². The summed E-state index contributed by atoms with van der Waals surface area (Å²) in [5.41, 5.74) is 0. The fraction of sp³-hybridized carbons (Fsp3) is 0.769. The van der Waals surface area contributed by atoms with Crippen LogP contribution in [0.25, 0.3) is 0 Å². The minimum atomic E-state index is 0.0533. The first-order valence-corrected chi connectivity index (χ1v) is 7.00. The zero-order chi connectivity index (χ0) is 13.7. The molecule has 0 radical (unpaired) electrons. The van der Waals surface area contributed by atoms with Crippen LogP contribution in [0.15, 0.2) is 6.33 Å². The molecule has 0 aliphatic carbocycles. The van der Waals surface area contributed by atoms with Gasteiger partial charge in [-0.2, -0.15) is 5.10 Å². The predicted octanol–water partition coefficient (Wildman–Crippen LogP) is 0.206. The minimum absolute atomic E-state index is 0.0533. The summed E-state index contributed by atoms with van der Waals surface area (Å²) in [5.74, 6) is 1.08. The number of hydrogen-bond donors (Lipinski definition) is 1. The Hall–Kier alpha value is -1.43. The molecule has 1 aromatic heterocycles. The van der Waals surface area contributed by atoms with Gasteiger partial charge in [-0.1, -0.05) is 6.92 Å². The molecule has 2 heterocycles. The van der Waals surface area contributed by atoms with Crippen molar-refractivity contribution in [3.63, 3.8) is 0 Å². The van der Waals surface area contributed by atoms with Gasteiger partial charge in [0.15, 0.2) is 0 Å². The van der Waals surface area contributed by atoms with Crippen molar-refractivity contribution in [1.29, 1.82) is 0 Å². The Bertz CT molecular complexity index is 411. The lowest BCUT2D eigenvalue weighted by atomic mass is 10.1. The summed E-state index contributed by atoms with van der Waals surface area (Å²) in [5, 5.41) is 6.98. The van der Waals surface area contributed by atoms with Gasteiger partial charge in [0.25, 0.3) is 0 Å². The summed E-state index contributed by atoms with van der Waals surface area (Å²) < 4.78 is 1.74. The van der Waals surface area contributed by atoms with E-state index in [-0.39, 0.29) is 11.8 Å². The van der Waals surface area contributed by atoms with Gasteiger partial charge in [-0.05, 0) is 25.9 Å². The Morgan fingerprint density at radius 3 is 2.84 bits per heavy atom. The quantitative estimate of drug-likeness (QED) is 0.798. The largest absolute Gasteiger partial charge is 0.355 e. The third-order valence-electron chi connectivity index (χ3n) is 3.63. The fourth-order valence-electron chi connectivity index (χ4n) is 2.45. The van der Waals surface area contributed by atoms with Gasteiger partial charge in [0.2, 0.25) is 5.91 Å². The molecule has 106 valence electrons. The third-order valence-corrected chi connectivity index (χ3v) is 3.63. The molecule has 1 aromatic rings. The van der Waals surface area contributed by atoms with Gasteiger partial charge in [-0.3, -0.25) is 9.48 Å². The van der Waals surface area contributed by atoms with Crippen LogP contribution in [0.3, 0.4) is 0 Å². The van der Waals surface area contributed by atoms with E-state index in [4.69, 9.17) is 0 Å². The third kappa shape index (κ3) is 4.02. The number of nitrogens with zero attached hydrogens (tertiary/aromatic N) is 4. The lowest BCUT2D eigenvalue weighted by Crippen LogP contribution is -2.37. The molecule has 19 heavy (non-hydrogen) atoms. The van der Waals surface area contributed by atoms with Gasteiger partial charge < -0.3 is 10.2 Å².